The molecule has 1 aromatic carbocycles. The Labute approximate surface area is 185 Å². The van der Waals surface area contributed by atoms with E-state index in [0.29, 0.717) is 6.54 Å². The van der Waals surface area contributed by atoms with Crippen LogP contribution in [0.5, 0.6) is 0 Å². The van der Waals surface area contributed by atoms with Gasteiger partial charge in [-0.05, 0) is 39.3 Å². The third kappa shape index (κ3) is 4.23. The number of imidazole rings is 1. The number of amides is 2. The van der Waals surface area contributed by atoms with Crippen molar-refractivity contribution in [3.63, 3.8) is 0 Å². The van der Waals surface area contributed by atoms with E-state index in [-0.39, 0.29) is 29.8 Å². The maximum atomic E-state index is 13.1. The summed E-state index contributed by atoms with van der Waals surface area (Å²) in [4.78, 5) is 45.8. The molecule has 0 radical (unpaired) electrons. The largest absolute Gasteiger partial charge is 0.458 e. The molecule has 0 fully saturated rings. The number of hydrogen-bond donors (Lipinski definition) is 3. The van der Waals surface area contributed by atoms with Crippen molar-refractivity contribution in [2.45, 2.75) is 51.8 Å². The zero-order valence-corrected chi connectivity index (χ0v) is 18.6. The summed E-state index contributed by atoms with van der Waals surface area (Å²) in [7, 11) is 0. The Bertz CT molecular complexity index is 1190. The van der Waals surface area contributed by atoms with Gasteiger partial charge in [-0.15, -0.1) is 0 Å². The fourth-order valence-electron chi connectivity index (χ4n) is 3.82. The molecule has 0 spiro atoms. The first-order chi connectivity index (χ1) is 15.1. The van der Waals surface area contributed by atoms with E-state index in [0.717, 1.165) is 16.5 Å². The lowest BCUT2D eigenvalue weighted by Gasteiger charge is -2.25. The number of fused-ring (bicyclic) bond motifs is 2. The molecule has 0 saturated carbocycles. The van der Waals surface area contributed by atoms with Crippen molar-refractivity contribution in [1.82, 2.24) is 25.2 Å². The van der Waals surface area contributed by atoms with E-state index in [1.807, 2.05) is 37.4 Å². The Kier molecular flexibility index (Phi) is 5.50. The molecule has 0 aliphatic carbocycles. The second-order valence-electron chi connectivity index (χ2n) is 9.03. The van der Waals surface area contributed by atoms with Crippen LogP contribution in [0.15, 0.2) is 36.8 Å². The number of aromatic nitrogens is 3. The number of nitrogens with zero attached hydrogens (tertiary/aromatic N) is 2. The number of nitrogens with one attached hydrogen (secondary N) is 3. The van der Waals surface area contributed by atoms with Gasteiger partial charge in [-0.25, -0.2) is 9.78 Å². The average Bonchev–Trinajstić information content (AvgIpc) is 3.35. The number of benzene rings is 1. The molecule has 2 atom stereocenters. The summed E-state index contributed by atoms with van der Waals surface area (Å²) in [6, 6.07) is 6.75. The number of aromatic amines is 1. The van der Waals surface area contributed by atoms with E-state index < -0.39 is 23.5 Å². The standard InChI is InChI=1S/C23H27N5O4/c1-13-10-25-21(30)19-18(26-12-28(13)19)20(29)27-17(22(31)32-23(2,3)4)9-14-11-24-16-8-6-5-7-15(14)16/h5-8,11-13,17,24H,9-10H2,1-4H3,(H,25,30)(H,27,29)/t13-,17+/m1/s1. The fraction of sp³-hybridized carbons (Fsp3) is 0.391. The molecular formula is C23H27N5O4. The van der Waals surface area contributed by atoms with Crippen LogP contribution < -0.4 is 10.6 Å². The molecule has 1 aliphatic heterocycles. The topological polar surface area (TPSA) is 118 Å². The van der Waals surface area contributed by atoms with Gasteiger partial charge in [-0.2, -0.15) is 0 Å². The zero-order chi connectivity index (χ0) is 23.0. The molecule has 9 heteroatoms. The van der Waals surface area contributed by atoms with Gasteiger partial charge in [0.15, 0.2) is 5.69 Å². The second-order valence-corrected chi connectivity index (χ2v) is 9.03. The molecule has 32 heavy (non-hydrogen) atoms. The van der Waals surface area contributed by atoms with Gasteiger partial charge < -0.3 is 24.9 Å². The molecule has 0 bridgehead atoms. The molecule has 3 heterocycles. The number of esters is 1. The van der Waals surface area contributed by atoms with Gasteiger partial charge in [-0.1, -0.05) is 18.2 Å². The van der Waals surface area contributed by atoms with E-state index >= 15 is 0 Å². The molecule has 0 saturated heterocycles. The van der Waals surface area contributed by atoms with Crippen molar-refractivity contribution in [3.05, 3.63) is 53.7 Å². The monoisotopic (exact) mass is 437 g/mol. The van der Waals surface area contributed by atoms with Crippen LogP contribution in [0, 0.1) is 0 Å². The number of H-pyrrole nitrogens is 1. The van der Waals surface area contributed by atoms with E-state index in [2.05, 4.69) is 20.6 Å². The van der Waals surface area contributed by atoms with E-state index in [1.54, 1.807) is 25.3 Å². The summed E-state index contributed by atoms with van der Waals surface area (Å²) >= 11 is 0. The summed E-state index contributed by atoms with van der Waals surface area (Å²) in [6.45, 7) is 7.70. The molecule has 0 unspecified atom stereocenters. The minimum Gasteiger partial charge on any atom is -0.458 e. The summed E-state index contributed by atoms with van der Waals surface area (Å²) in [6.07, 6.45) is 3.53. The summed E-state index contributed by atoms with van der Waals surface area (Å²) in [5.74, 6) is -1.52. The molecule has 1 aliphatic rings. The van der Waals surface area contributed by atoms with Crippen LogP contribution in [0.1, 0.15) is 60.3 Å². The smallest absolute Gasteiger partial charge is 0.329 e. The minimum absolute atomic E-state index is 0.0125. The molecule has 168 valence electrons. The molecule has 3 N–H and O–H groups in total. The first kappa shape index (κ1) is 21.6. The van der Waals surface area contributed by atoms with E-state index in [9.17, 15) is 14.4 Å². The highest BCUT2D eigenvalue weighted by Crippen LogP contribution is 2.22. The number of carbonyl (C=O) groups excluding carboxylic acids is 3. The predicted molar refractivity (Wildman–Crippen MR) is 118 cm³/mol. The van der Waals surface area contributed by atoms with Gasteiger partial charge >= 0.3 is 5.97 Å². The number of rotatable bonds is 5. The summed E-state index contributed by atoms with van der Waals surface area (Å²) < 4.78 is 7.24. The maximum absolute atomic E-state index is 13.1. The molecular weight excluding hydrogens is 410 g/mol. The molecule has 4 rings (SSSR count). The van der Waals surface area contributed by atoms with Crippen LogP contribution in [0.4, 0.5) is 0 Å². The summed E-state index contributed by atoms with van der Waals surface area (Å²) in [5.41, 5.74) is 1.27. The lowest BCUT2D eigenvalue weighted by atomic mass is 10.0. The van der Waals surface area contributed by atoms with Crippen molar-refractivity contribution in [1.29, 1.82) is 0 Å². The van der Waals surface area contributed by atoms with Gasteiger partial charge in [-0.3, -0.25) is 9.59 Å². The highest BCUT2D eigenvalue weighted by Gasteiger charge is 2.33. The quantitative estimate of drug-likeness (QED) is 0.530. The third-order valence-electron chi connectivity index (χ3n) is 5.35. The van der Waals surface area contributed by atoms with Crippen molar-refractivity contribution in [2.75, 3.05) is 6.54 Å². The van der Waals surface area contributed by atoms with Crippen LogP contribution in [0.2, 0.25) is 0 Å². The Balaban J connectivity index is 1.63. The molecule has 3 aromatic rings. The third-order valence-corrected chi connectivity index (χ3v) is 5.35. The van der Waals surface area contributed by atoms with Gasteiger partial charge in [0.05, 0.1) is 6.33 Å². The van der Waals surface area contributed by atoms with Gasteiger partial charge in [0.25, 0.3) is 11.8 Å². The van der Waals surface area contributed by atoms with Crippen molar-refractivity contribution < 1.29 is 19.1 Å². The number of ether oxygens (including phenoxy) is 1. The van der Waals surface area contributed by atoms with Gasteiger partial charge in [0.2, 0.25) is 0 Å². The molecule has 9 nitrogen and oxygen atoms in total. The highest BCUT2D eigenvalue weighted by molar-refractivity contribution is 6.06. The van der Waals surface area contributed by atoms with Crippen LogP contribution in [0.25, 0.3) is 10.9 Å². The molecule has 2 aromatic heterocycles. The SMILES string of the molecule is C[C@@H]1CNC(=O)c2c(C(=O)N[C@@H](Cc3c[nH]c4ccccc34)C(=O)OC(C)(C)C)ncn21. The first-order valence-corrected chi connectivity index (χ1v) is 10.6. The first-order valence-electron chi connectivity index (χ1n) is 10.6. The number of hydrogen-bond acceptors (Lipinski definition) is 5. The average molecular weight is 438 g/mol. The predicted octanol–water partition coefficient (Wildman–Crippen LogP) is 2.35. The van der Waals surface area contributed by atoms with Crippen molar-refractivity contribution in [3.8, 4) is 0 Å². The fourth-order valence-corrected chi connectivity index (χ4v) is 3.82. The van der Waals surface area contributed by atoms with Crippen molar-refractivity contribution >= 4 is 28.7 Å². The van der Waals surface area contributed by atoms with E-state index in [4.69, 9.17) is 4.74 Å². The Morgan fingerprint density at radius 1 is 1.31 bits per heavy atom. The maximum Gasteiger partial charge on any atom is 0.329 e. The normalized spacial score (nSPS) is 16.9. The Morgan fingerprint density at radius 3 is 2.81 bits per heavy atom. The lowest BCUT2D eigenvalue weighted by molar-refractivity contribution is -0.157. The lowest BCUT2D eigenvalue weighted by Crippen LogP contribution is -2.46. The Hall–Kier alpha value is -3.62. The van der Waals surface area contributed by atoms with Crippen LogP contribution in [-0.2, 0) is 16.0 Å². The van der Waals surface area contributed by atoms with Gasteiger partial charge in [0, 0.05) is 36.1 Å². The van der Waals surface area contributed by atoms with Crippen LogP contribution in [-0.4, -0.2) is 50.5 Å². The Morgan fingerprint density at radius 2 is 2.06 bits per heavy atom. The summed E-state index contributed by atoms with van der Waals surface area (Å²) in [5, 5.41) is 6.47. The van der Waals surface area contributed by atoms with Gasteiger partial charge in [0.1, 0.15) is 17.3 Å². The zero-order valence-electron chi connectivity index (χ0n) is 18.6. The second kappa shape index (κ2) is 8.14. The van der Waals surface area contributed by atoms with Crippen LogP contribution >= 0.6 is 0 Å². The molecule has 2 amide bonds. The van der Waals surface area contributed by atoms with Crippen molar-refractivity contribution in [2.24, 2.45) is 0 Å². The minimum atomic E-state index is -0.956. The van der Waals surface area contributed by atoms with E-state index in [1.165, 1.54) is 6.33 Å². The van der Waals surface area contributed by atoms with Crippen LogP contribution in [0.3, 0.4) is 0 Å². The highest BCUT2D eigenvalue weighted by atomic mass is 16.6. The number of carbonyl (C=O) groups is 3. The number of para-hydroxylation sites is 1.